The van der Waals surface area contributed by atoms with Crippen molar-refractivity contribution in [3.05, 3.63) is 53.7 Å². The molecule has 1 aromatic carbocycles. The highest BCUT2D eigenvalue weighted by Crippen LogP contribution is 2.38. The Morgan fingerprint density at radius 3 is 2.48 bits per heavy atom. The fourth-order valence-electron chi connectivity index (χ4n) is 4.13. The van der Waals surface area contributed by atoms with E-state index in [2.05, 4.69) is 25.9 Å². The van der Waals surface area contributed by atoms with E-state index in [-0.39, 0.29) is 25.1 Å². The molecule has 1 aliphatic rings. The monoisotopic (exact) mass is 461 g/mol. The number of nitrogens with zero attached hydrogens (tertiary/aromatic N) is 4. The van der Waals surface area contributed by atoms with Gasteiger partial charge in [0.2, 0.25) is 11.8 Å². The Morgan fingerprint density at radius 1 is 1.15 bits per heavy atom. The first kappa shape index (κ1) is 22.7. The van der Waals surface area contributed by atoms with Crippen LogP contribution in [0.5, 0.6) is 0 Å². The van der Waals surface area contributed by atoms with Crippen molar-refractivity contribution in [2.75, 3.05) is 5.32 Å². The van der Waals surface area contributed by atoms with Crippen LogP contribution in [0.25, 0.3) is 11.1 Å². The van der Waals surface area contributed by atoms with Crippen LogP contribution in [0.1, 0.15) is 36.2 Å². The van der Waals surface area contributed by atoms with Crippen molar-refractivity contribution in [2.24, 2.45) is 5.92 Å². The van der Waals surface area contributed by atoms with E-state index in [1.54, 1.807) is 6.33 Å². The van der Waals surface area contributed by atoms with E-state index in [9.17, 15) is 18.0 Å². The molecular formula is C22H24F3N6O2+. The molecule has 2 amide bonds. The maximum Gasteiger partial charge on any atom is 0.391 e. The van der Waals surface area contributed by atoms with Gasteiger partial charge in [-0.25, -0.2) is 14.8 Å². The number of hydrogen-bond acceptors (Lipinski definition) is 5. The summed E-state index contributed by atoms with van der Waals surface area (Å²) in [6.45, 7) is 4.29. The molecule has 11 heteroatoms. The molecule has 33 heavy (non-hydrogen) atoms. The number of urea groups is 1. The number of alkyl halides is 3. The first-order valence-corrected chi connectivity index (χ1v) is 10.6. The van der Waals surface area contributed by atoms with E-state index < -0.39 is 24.2 Å². The summed E-state index contributed by atoms with van der Waals surface area (Å²) in [5, 5.41) is 8.92. The van der Waals surface area contributed by atoms with E-state index in [4.69, 9.17) is 4.52 Å². The number of aromatic nitrogens is 4. The molecule has 0 saturated heterocycles. The third kappa shape index (κ3) is 5.47. The topological polar surface area (TPSA) is 96.8 Å². The molecule has 174 valence electrons. The van der Waals surface area contributed by atoms with Crippen molar-refractivity contribution < 1.29 is 27.2 Å². The fraction of sp³-hybridized carbons (Fsp3) is 0.409. The van der Waals surface area contributed by atoms with Crippen LogP contribution in [0, 0.1) is 19.8 Å². The third-order valence-corrected chi connectivity index (χ3v) is 5.79. The predicted molar refractivity (Wildman–Crippen MR) is 112 cm³/mol. The number of hydrogen-bond donors (Lipinski definition) is 2. The molecule has 4 rings (SSSR count). The summed E-state index contributed by atoms with van der Waals surface area (Å²) in [5.41, 5.74) is 4.78. The lowest BCUT2D eigenvalue weighted by molar-refractivity contribution is -0.754. The first-order chi connectivity index (χ1) is 15.7. The number of anilines is 1. The van der Waals surface area contributed by atoms with Crippen molar-refractivity contribution in [1.82, 2.24) is 20.6 Å². The van der Waals surface area contributed by atoms with Crippen molar-refractivity contribution in [1.29, 1.82) is 0 Å². The average Bonchev–Trinajstić information content (AvgIpc) is 3.38. The summed E-state index contributed by atoms with van der Waals surface area (Å²) in [6.07, 6.45) is -0.974. The average molecular weight is 461 g/mol. The molecular weight excluding hydrogens is 437 g/mol. The molecule has 2 atom stereocenters. The smallest absolute Gasteiger partial charge is 0.335 e. The molecule has 1 aliphatic carbocycles. The minimum atomic E-state index is -4.23. The van der Waals surface area contributed by atoms with Crippen molar-refractivity contribution in [3.63, 3.8) is 0 Å². The minimum Gasteiger partial charge on any atom is -0.335 e. The molecule has 1 fully saturated rings. The number of amides is 2. The van der Waals surface area contributed by atoms with Gasteiger partial charge in [0.1, 0.15) is 6.33 Å². The Balaban J connectivity index is 1.32. The van der Waals surface area contributed by atoms with Gasteiger partial charge in [0.05, 0.1) is 5.92 Å². The van der Waals surface area contributed by atoms with Gasteiger partial charge in [-0.15, -0.1) is 0 Å². The summed E-state index contributed by atoms with van der Waals surface area (Å²) < 4.78 is 45.0. The van der Waals surface area contributed by atoms with Crippen LogP contribution in [0.4, 0.5) is 23.8 Å². The van der Waals surface area contributed by atoms with Crippen LogP contribution in [-0.2, 0) is 6.54 Å². The minimum absolute atomic E-state index is 0.0198. The van der Waals surface area contributed by atoms with Gasteiger partial charge in [0, 0.05) is 28.6 Å². The quantitative estimate of drug-likeness (QED) is 0.561. The van der Waals surface area contributed by atoms with Gasteiger partial charge >= 0.3 is 18.1 Å². The van der Waals surface area contributed by atoms with Crippen LogP contribution < -0.4 is 15.3 Å². The van der Waals surface area contributed by atoms with Gasteiger partial charge in [0.25, 0.3) is 6.20 Å². The van der Waals surface area contributed by atoms with Crippen molar-refractivity contribution in [2.45, 2.75) is 51.9 Å². The zero-order chi connectivity index (χ0) is 23.6. The molecule has 2 aromatic heterocycles. The number of carbonyl (C=O) groups excluding carboxylic acids is 1. The van der Waals surface area contributed by atoms with Crippen LogP contribution in [0.3, 0.4) is 0 Å². The van der Waals surface area contributed by atoms with Crippen LogP contribution >= 0.6 is 0 Å². The number of benzene rings is 1. The lowest BCUT2D eigenvalue weighted by Crippen LogP contribution is -2.37. The Kier molecular flexibility index (Phi) is 6.30. The Morgan fingerprint density at radius 2 is 1.85 bits per heavy atom. The number of carbonyl (C=O) groups is 1. The molecule has 0 aliphatic heterocycles. The van der Waals surface area contributed by atoms with Crippen LogP contribution in [-0.4, -0.2) is 33.5 Å². The highest BCUT2D eigenvalue weighted by atomic mass is 19.4. The molecule has 0 spiro atoms. The third-order valence-electron chi connectivity index (χ3n) is 5.79. The standard InChI is InChI=1S/C22H23F3N6O2/c1-13-20(14(2)27-12-26-13)16-5-3-15(4-6-16)10-31-11-19(33-30-31)29-21(32)28-18-8-7-17(9-18)22(23,24)25/h3-6,11-12,17-18H,7-10H2,1-2H3,(H-,28,29,30,32)/p+1/t17-,18-/m1/s1. The molecule has 0 radical (unpaired) electrons. The second-order valence-electron chi connectivity index (χ2n) is 8.23. The molecule has 2 heterocycles. The van der Waals surface area contributed by atoms with Crippen LogP contribution in [0.2, 0.25) is 0 Å². The summed E-state index contributed by atoms with van der Waals surface area (Å²) >= 11 is 0. The fourth-order valence-corrected chi connectivity index (χ4v) is 4.13. The number of halogens is 3. The number of aryl methyl sites for hydroxylation is 2. The van der Waals surface area contributed by atoms with E-state index in [1.165, 1.54) is 10.9 Å². The van der Waals surface area contributed by atoms with Gasteiger partial charge in [-0.1, -0.05) is 24.3 Å². The highest BCUT2D eigenvalue weighted by molar-refractivity contribution is 5.87. The second kappa shape index (κ2) is 9.16. The maximum atomic E-state index is 12.8. The lowest BCUT2D eigenvalue weighted by atomic mass is 10.0. The summed E-state index contributed by atoms with van der Waals surface area (Å²) in [5.74, 6) is -1.27. The molecule has 0 bridgehead atoms. The van der Waals surface area contributed by atoms with Crippen molar-refractivity contribution >= 4 is 11.9 Å². The Hall–Kier alpha value is -3.50. The summed E-state index contributed by atoms with van der Waals surface area (Å²) in [4.78, 5) is 20.6. The molecule has 3 aromatic rings. The summed E-state index contributed by atoms with van der Waals surface area (Å²) in [6, 6.07) is 6.74. The zero-order valence-electron chi connectivity index (χ0n) is 18.2. The van der Waals surface area contributed by atoms with Gasteiger partial charge in [-0.3, -0.25) is 9.84 Å². The number of nitrogens with one attached hydrogen (secondary N) is 2. The molecule has 8 nitrogen and oxygen atoms in total. The predicted octanol–water partition coefficient (Wildman–Crippen LogP) is 3.94. The van der Waals surface area contributed by atoms with E-state index >= 15 is 0 Å². The Bertz CT molecular complexity index is 1110. The second-order valence-corrected chi connectivity index (χ2v) is 8.23. The van der Waals surface area contributed by atoms with E-state index in [1.807, 2.05) is 38.1 Å². The van der Waals surface area contributed by atoms with Gasteiger partial charge in [-0.05, 0) is 43.4 Å². The van der Waals surface area contributed by atoms with Crippen molar-refractivity contribution in [3.8, 4) is 11.1 Å². The molecule has 0 unspecified atom stereocenters. The SMILES string of the molecule is Cc1ncnc(C)c1-c1ccc(C[n+]2cc(NC(=O)N[C@@H]3CC[C@@H](C(F)(F)F)C3)on2)cc1. The van der Waals surface area contributed by atoms with Crippen LogP contribution in [0.15, 0.2) is 41.3 Å². The molecule has 1 saturated carbocycles. The maximum absolute atomic E-state index is 12.8. The lowest BCUT2D eigenvalue weighted by Gasteiger charge is -2.15. The van der Waals surface area contributed by atoms with Gasteiger partial charge < -0.3 is 5.32 Å². The first-order valence-electron chi connectivity index (χ1n) is 10.6. The van der Waals surface area contributed by atoms with E-state index in [0.717, 1.165) is 28.1 Å². The highest BCUT2D eigenvalue weighted by Gasteiger charge is 2.44. The number of rotatable bonds is 5. The molecule has 2 N–H and O–H groups in total. The zero-order valence-corrected chi connectivity index (χ0v) is 18.2. The van der Waals surface area contributed by atoms with Gasteiger partial charge in [0.15, 0.2) is 0 Å². The largest absolute Gasteiger partial charge is 0.391 e. The van der Waals surface area contributed by atoms with E-state index in [0.29, 0.717) is 6.54 Å². The summed E-state index contributed by atoms with van der Waals surface area (Å²) in [7, 11) is 0. The van der Waals surface area contributed by atoms with Gasteiger partial charge in [-0.2, -0.15) is 13.2 Å². The normalized spacial score (nSPS) is 18.3. The Labute approximate surface area is 188 Å².